The summed E-state index contributed by atoms with van der Waals surface area (Å²) < 4.78 is 0. The van der Waals surface area contributed by atoms with Gasteiger partial charge in [0.05, 0.1) is 5.71 Å². The van der Waals surface area contributed by atoms with Crippen LogP contribution >= 0.6 is 0 Å². The Morgan fingerprint density at radius 3 is 2.58 bits per heavy atom. The van der Waals surface area contributed by atoms with E-state index in [0.29, 0.717) is 6.04 Å². The normalized spacial score (nSPS) is 29.4. The van der Waals surface area contributed by atoms with Gasteiger partial charge in [0.15, 0.2) is 0 Å². The molecule has 0 saturated heterocycles. The number of rotatable bonds is 5. The van der Waals surface area contributed by atoms with E-state index in [1.807, 2.05) is 0 Å². The van der Waals surface area contributed by atoms with E-state index in [-0.39, 0.29) is 0 Å². The summed E-state index contributed by atoms with van der Waals surface area (Å²) in [4.78, 5) is 2.67. The van der Waals surface area contributed by atoms with Gasteiger partial charge in [-0.2, -0.15) is 0 Å². The molecule has 1 N–H and O–H groups in total. The predicted molar refractivity (Wildman–Crippen MR) is 79.8 cm³/mol. The minimum atomic E-state index is 0.709. The van der Waals surface area contributed by atoms with Crippen molar-refractivity contribution in [3.8, 4) is 0 Å². The van der Waals surface area contributed by atoms with Crippen molar-refractivity contribution in [2.24, 2.45) is 11.1 Å². The van der Waals surface area contributed by atoms with E-state index in [0.717, 1.165) is 18.1 Å². The lowest BCUT2D eigenvalue weighted by molar-refractivity contribution is 0.158. The van der Waals surface area contributed by atoms with Crippen LogP contribution in [0.15, 0.2) is 16.8 Å². The summed E-state index contributed by atoms with van der Waals surface area (Å²) in [6.45, 7) is 6.98. The van der Waals surface area contributed by atoms with E-state index >= 15 is 0 Å². The van der Waals surface area contributed by atoms with Crippen molar-refractivity contribution >= 4 is 5.71 Å². The molecule has 2 rings (SSSR count). The average Bonchev–Trinajstić information content (AvgIpc) is 2.46. The van der Waals surface area contributed by atoms with Gasteiger partial charge in [0.25, 0.3) is 0 Å². The maximum absolute atomic E-state index is 8.96. The molecule has 0 aliphatic heterocycles. The van der Waals surface area contributed by atoms with Crippen LogP contribution < -0.4 is 0 Å². The van der Waals surface area contributed by atoms with Crippen molar-refractivity contribution in [1.29, 1.82) is 0 Å². The molecule has 1 saturated carbocycles. The van der Waals surface area contributed by atoms with Crippen molar-refractivity contribution in [3.05, 3.63) is 11.6 Å². The summed E-state index contributed by atoms with van der Waals surface area (Å²) in [6, 6.07) is 0.709. The Hall–Kier alpha value is -0.830. The molecule has 19 heavy (non-hydrogen) atoms. The molecule has 0 unspecified atom stereocenters. The highest BCUT2D eigenvalue weighted by Gasteiger charge is 2.30. The first-order valence-corrected chi connectivity index (χ1v) is 7.93. The van der Waals surface area contributed by atoms with Crippen LogP contribution in [0, 0.1) is 5.92 Å². The summed E-state index contributed by atoms with van der Waals surface area (Å²) >= 11 is 0. The lowest BCUT2D eigenvalue weighted by atomic mass is 9.75. The average molecular weight is 264 g/mol. The lowest BCUT2D eigenvalue weighted by Gasteiger charge is -2.39. The minimum Gasteiger partial charge on any atom is -0.411 e. The van der Waals surface area contributed by atoms with Crippen molar-refractivity contribution in [1.82, 2.24) is 4.90 Å². The van der Waals surface area contributed by atoms with E-state index < -0.39 is 0 Å². The maximum Gasteiger partial charge on any atom is 0.0795 e. The molecular formula is C16H28N2O. The Bertz CT molecular complexity index is 343. The first-order chi connectivity index (χ1) is 9.28. The molecule has 0 aromatic rings. The van der Waals surface area contributed by atoms with E-state index in [1.54, 1.807) is 0 Å². The fourth-order valence-electron chi connectivity index (χ4n) is 3.68. The quantitative estimate of drug-likeness (QED) is 0.605. The Morgan fingerprint density at radius 2 is 1.95 bits per heavy atom. The van der Waals surface area contributed by atoms with Gasteiger partial charge in [-0.3, -0.25) is 0 Å². The van der Waals surface area contributed by atoms with Crippen LogP contribution in [0.2, 0.25) is 0 Å². The fraction of sp³-hybridized carbons (Fsp3) is 0.812. The van der Waals surface area contributed by atoms with Crippen molar-refractivity contribution in [3.63, 3.8) is 0 Å². The monoisotopic (exact) mass is 264 g/mol. The van der Waals surface area contributed by atoms with E-state index in [1.165, 1.54) is 57.2 Å². The van der Waals surface area contributed by atoms with Crippen LogP contribution in [0.5, 0.6) is 0 Å². The zero-order valence-electron chi connectivity index (χ0n) is 12.4. The molecular weight excluding hydrogens is 236 g/mol. The van der Waals surface area contributed by atoms with E-state index in [4.69, 9.17) is 5.21 Å². The van der Waals surface area contributed by atoms with Gasteiger partial charge in [-0.25, -0.2) is 0 Å². The topological polar surface area (TPSA) is 35.8 Å². The third-order valence-corrected chi connectivity index (χ3v) is 4.61. The van der Waals surface area contributed by atoms with Gasteiger partial charge in [-0.05, 0) is 70.0 Å². The van der Waals surface area contributed by atoms with E-state index in [9.17, 15) is 0 Å². The second-order valence-electron chi connectivity index (χ2n) is 6.02. The smallest absolute Gasteiger partial charge is 0.0795 e. The molecule has 0 bridgehead atoms. The predicted octanol–water partition coefficient (Wildman–Crippen LogP) is 3.83. The molecule has 0 aromatic heterocycles. The Morgan fingerprint density at radius 1 is 1.21 bits per heavy atom. The van der Waals surface area contributed by atoms with Gasteiger partial charge in [-0.15, -0.1) is 0 Å². The Balaban J connectivity index is 2.04. The van der Waals surface area contributed by atoms with Crippen LogP contribution in [0.3, 0.4) is 0 Å². The van der Waals surface area contributed by atoms with Crippen LogP contribution in [0.25, 0.3) is 0 Å². The molecule has 0 spiro atoms. The van der Waals surface area contributed by atoms with Gasteiger partial charge in [0.2, 0.25) is 0 Å². The van der Waals surface area contributed by atoms with E-state index in [2.05, 4.69) is 30.0 Å². The zero-order valence-corrected chi connectivity index (χ0v) is 12.4. The largest absolute Gasteiger partial charge is 0.411 e. The number of oxime groups is 1. The number of hydrogen-bond acceptors (Lipinski definition) is 3. The summed E-state index contributed by atoms with van der Waals surface area (Å²) in [6.07, 6.45) is 10.6. The third-order valence-electron chi connectivity index (χ3n) is 4.61. The Labute approximate surface area is 117 Å². The first-order valence-electron chi connectivity index (χ1n) is 7.93. The van der Waals surface area contributed by atoms with Gasteiger partial charge in [0.1, 0.15) is 0 Å². The fourth-order valence-corrected chi connectivity index (χ4v) is 3.68. The summed E-state index contributed by atoms with van der Waals surface area (Å²) in [5, 5.41) is 12.4. The van der Waals surface area contributed by atoms with Gasteiger partial charge in [0, 0.05) is 6.04 Å². The van der Waals surface area contributed by atoms with Crippen LogP contribution in [0.1, 0.15) is 58.8 Å². The van der Waals surface area contributed by atoms with Crippen LogP contribution in [-0.2, 0) is 0 Å². The summed E-state index contributed by atoms with van der Waals surface area (Å²) in [7, 11) is 0. The Kier molecular flexibility index (Phi) is 5.44. The molecule has 3 heteroatoms. The SMILES string of the molecule is CCCN(CCC)[C@@H]1CC[C@@H]2CC/C(=N\O)C=C2C1. The molecule has 2 aliphatic rings. The third kappa shape index (κ3) is 3.59. The minimum absolute atomic E-state index is 0.709. The molecule has 2 aliphatic carbocycles. The second kappa shape index (κ2) is 7.09. The maximum atomic E-state index is 8.96. The number of allylic oxidation sites excluding steroid dienone is 1. The molecule has 0 radical (unpaired) electrons. The summed E-state index contributed by atoms with van der Waals surface area (Å²) in [5.74, 6) is 0.756. The molecule has 0 heterocycles. The molecule has 3 nitrogen and oxygen atoms in total. The van der Waals surface area contributed by atoms with Crippen molar-refractivity contribution in [2.45, 2.75) is 64.8 Å². The van der Waals surface area contributed by atoms with Crippen molar-refractivity contribution < 1.29 is 5.21 Å². The van der Waals surface area contributed by atoms with Crippen LogP contribution in [-0.4, -0.2) is 35.0 Å². The lowest BCUT2D eigenvalue weighted by Crippen LogP contribution is -2.40. The number of fused-ring (bicyclic) bond motifs is 1. The molecule has 0 aromatic carbocycles. The highest BCUT2D eigenvalue weighted by molar-refractivity contribution is 5.96. The standard InChI is InChI=1S/C16H28N2O/c1-3-9-18(10-4-2)16-8-6-13-5-7-15(17-19)11-14(13)12-16/h11,13,16,19H,3-10,12H2,1-2H3/b17-15+/t13-,16+/m0/s1. The van der Waals surface area contributed by atoms with Gasteiger partial charge >= 0.3 is 0 Å². The molecule has 2 atom stereocenters. The molecule has 0 amide bonds. The highest BCUT2D eigenvalue weighted by atomic mass is 16.4. The van der Waals surface area contributed by atoms with Gasteiger partial charge < -0.3 is 10.1 Å². The van der Waals surface area contributed by atoms with Crippen molar-refractivity contribution in [2.75, 3.05) is 13.1 Å². The first kappa shape index (κ1) is 14.6. The number of hydrogen-bond donors (Lipinski definition) is 1. The highest BCUT2D eigenvalue weighted by Crippen LogP contribution is 2.37. The zero-order chi connectivity index (χ0) is 13.7. The second-order valence-corrected chi connectivity index (χ2v) is 6.02. The number of nitrogens with zero attached hydrogens (tertiary/aromatic N) is 2. The van der Waals surface area contributed by atoms with Crippen LogP contribution in [0.4, 0.5) is 0 Å². The van der Waals surface area contributed by atoms with Gasteiger partial charge in [-0.1, -0.05) is 24.6 Å². The molecule has 108 valence electrons. The molecule has 1 fully saturated rings. The summed E-state index contributed by atoms with van der Waals surface area (Å²) in [5.41, 5.74) is 2.41.